The molecule has 2 aromatic carbocycles. The molecule has 1 aliphatic rings. The molecule has 0 fully saturated rings. The molecule has 3 aromatic rings. The second kappa shape index (κ2) is 7.60. The minimum absolute atomic E-state index is 0.134. The van der Waals surface area contributed by atoms with Crippen LogP contribution in [-0.2, 0) is 11.2 Å². The molecule has 132 valence electrons. The molecule has 0 saturated heterocycles. The molecule has 6 heteroatoms. The number of anilines is 1. The van der Waals surface area contributed by atoms with Gasteiger partial charge in [0.05, 0.1) is 5.75 Å². The zero-order valence-electron chi connectivity index (χ0n) is 14.5. The number of hydrogen-bond acceptors (Lipinski definition) is 5. The van der Waals surface area contributed by atoms with Crippen LogP contribution in [0.4, 0.5) is 5.69 Å². The van der Waals surface area contributed by atoms with Gasteiger partial charge >= 0.3 is 0 Å². The summed E-state index contributed by atoms with van der Waals surface area (Å²) >= 11 is 2.83. The van der Waals surface area contributed by atoms with Gasteiger partial charge in [0, 0.05) is 17.8 Å². The maximum atomic E-state index is 12.7. The molecule has 4 nitrogen and oxygen atoms in total. The number of aromatic nitrogens is 2. The van der Waals surface area contributed by atoms with Gasteiger partial charge in [-0.1, -0.05) is 53.7 Å². The minimum atomic E-state index is 0.134. The van der Waals surface area contributed by atoms with Crippen molar-refractivity contribution in [2.45, 2.75) is 24.1 Å². The Kier molecular flexibility index (Phi) is 5.04. The predicted molar refractivity (Wildman–Crippen MR) is 108 cm³/mol. The third kappa shape index (κ3) is 3.66. The lowest BCUT2D eigenvalue weighted by Crippen LogP contribution is -2.36. The first-order valence-corrected chi connectivity index (χ1v) is 10.4. The van der Waals surface area contributed by atoms with Crippen LogP contribution >= 0.6 is 23.3 Å². The largest absolute Gasteiger partial charge is 0.311 e. The Labute approximate surface area is 161 Å². The number of aryl methyl sites for hydroxylation is 2. The summed E-state index contributed by atoms with van der Waals surface area (Å²) in [6, 6.07) is 16.3. The SMILES string of the molecule is Cc1cccc(-c2nsc(SCC(=O)N3CCCc4ccccc43)n2)c1. The fourth-order valence-electron chi connectivity index (χ4n) is 3.16. The Bertz CT molecular complexity index is 938. The van der Waals surface area contributed by atoms with Crippen LogP contribution in [0.5, 0.6) is 0 Å². The zero-order chi connectivity index (χ0) is 17.9. The van der Waals surface area contributed by atoms with E-state index < -0.39 is 0 Å². The highest BCUT2D eigenvalue weighted by Gasteiger charge is 2.22. The first-order chi connectivity index (χ1) is 12.7. The summed E-state index contributed by atoms with van der Waals surface area (Å²) in [6.45, 7) is 2.85. The van der Waals surface area contributed by atoms with Crippen molar-refractivity contribution in [3.05, 3.63) is 59.7 Å². The molecule has 26 heavy (non-hydrogen) atoms. The highest BCUT2D eigenvalue weighted by Crippen LogP contribution is 2.29. The van der Waals surface area contributed by atoms with Crippen molar-refractivity contribution in [2.75, 3.05) is 17.2 Å². The number of carbonyl (C=O) groups is 1. The Morgan fingerprint density at radius 1 is 1.23 bits per heavy atom. The maximum Gasteiger partial charge on any atom is 0.237 e. The zero-order valence-corrected chi connectivity index (χ0v) is 16.1. The van der Waals surface area contributed by atoms with Crippen LogP contribution in [0.25, 0.3) is 11.4 Å². The van der Waals surface area contributed by atoms with Gasteiger partial charge in [-0.15, -0.1) is 0 Å². The van der Waals surface area contributed by atoms with Crippen molar-refractivity contribution in [3.63, 3.8) is 0 Å². The topological polar surface area (TPSA) is 46.1 Å². The maximum absolute atomic E-state index is 12.7. The van der Waals surface area contributed by atoms with Crippen LogP contribution in [0.1, 0.15) is 17.5 Å². The fourth-order valence-corrected chi connectivity index (χ4v) is 4.65. The average molecular weight is 382 g/mol. The van der Waals surface area contributed by atoms with E-state index in [0.717, 1.165) is 40.8 Å². The van der Waals surface area contributed by atoms with E-state index in [0.29, 0.717) is 5.75 Å². The molecule has 0 radical (unpaired) electrons. The van der Waals surface area contributed by atoms with Crippen molar-refractivity contribution in [1.82, 2.24) is 9.36 Å². The summed E-state index contributed by atoms with van der Waals surface area (Å²) < 4.78 is 5.27. The van der Waals surface area contributed by atoms with E-state index in [-0.39, 0.29) is 5.91 Å². The Morgan fingerprint density at radius 3 is 3.00 bits per heavy atom. The summed E-state index contributed by atoms with van der Waals surface area (Å²) in [5.41, 5.74) is 4.52. The number of nitrogens with zero attached hydrogens (tertiary/aromatic N) is 3. The number of benzene rings is 2. The number of para-hydroxylation sites is 1. The molecule has 0 aliphatic carbocycles. The van der Waals surface area contributed by atoms with E-state index in [9.17, 15) is 4.79 Å². The van der Waals surface area contributed by atoms with Crippen LogP contribution in [-0.4, -0.2) is 27.6 Å². The van der Waals surface area contributed by atoms with Gasteiger partial charge in [-0.05, 0) is 49.0 Å². The molecule has 0 atom stereocenters. The lowest BCUT2D eigenvalue weighted by atomic mass is 10.0. The molecular weight excluding hydrogens is 362 g/mol. The number of amides is 1. The van der Waals surface area contributed by atoms with Crippen LogP contribution in [0.2, 0.25) is 0 Å². The predicted octanol–water partition coefficient (Wildman–Crippen LogP) is 4.59. The second-order valence-electron chi connectivity index (χ2n) is 6.32. The number of carbonyl (C=O) groups excluding carboxylic acids is 1. The molecular formula is C20H19N3OS2. The van der Waals surface area contributed by atoms with Gasteiger partial charge in [-0.2, -0.15) is 4.37 Å². The van der Waals surface area contributed by atoms with Crippen molar-refractivity contribution < 1.29 is 4.79 Å². The molecule has 1 aliphatic heterocycles. The third-order valence-corrected chi connectivity index (χ3v) is 6.23. The molecule has 0 spiro atoms. The second-order valence-corrected chi connectivity index (χ2v) is 8.29. The Morgan fingerprint density at radius 2 is 2.12 bits per heavy atom. The van der Waals surface area contributed by atoms with E-state index in [1.807, 2.05) is 35.2 Å². The van der Waals surface area contributed by atoms with Crippen molar-refractivity contribution >= 4 is 34.9 Å². The minimum Gasteiger partial charge on any atom is -0.311 e. The van der Waals surface area contributed by atoms with Gasteiger partial charge in [-0.3, -0.25) is 4.79 Å². The molecule has 0 saturated carbocycles. The molecule has 1 aromatic heterocycles. The van der Waals surface area contributed by atoms with Crippen molar-refractivity contribution in [1.29, 1.82) is 0 Å². The molecule has 0 N–H and O–H groups in total. The van der Waals surface area contributed by atoms with E-state index in [1.54, 1.807) is 0 Å². The highest BCUT2D eigenvalue weighted by atomic mass is 32.2. The van der Waals surface area contributed by atoms with Crippen molar-refractivity contribution in [3.8, 4) is 11.4 Å². The number of rotatable bonds is 4. The Balaban J connectivity index is 1.43. The van der Waals surface area contributed by atoms with E-state index >= 15 is 0 Å². The number of thioether (sulfide) groups is 1. The lowest BCUT2D eigenvalue weighted by Gasteiger charge is -2.29. The van der Waals surface area contributed by atoms with Gasteiger partial charge < -0.3 is 4.90 Å². The first-order valence-electron chi connectivity index (χ1n) is 8.62. The molecule has 0 unspecified atom stereocenters. The van der Waals surface area contributed by atoms with Crippen LogP contribution < -0.4 is 4.90 Å². The molecule has 4 rings (SSSR count). The average Bonchev–Trinajstić information content (AvgIpc) is 3.15. The van der Waals surface area contributed by atoms with E-state index in [4.69, 9.17) is 0 Å². The lowest BCUT2D eigenvalue weighted by molar-refractivity contribution is -0.116. The standard InChI is InChI=1S/C20H19N3OS2/c1-14-6-4-8-16(12-14)19-21-20(26-22-19)25-13-18(24)23-11-5-9-15-7-2-3-10-17(15)23/h2-4,6-8,10,12H,5,9,11,13H2,1H3. The summed E-state index contributed by atoms with van der Waals surface area (Å²) in [7, 11) is 0. The van der Waals surface area contributed by atoms with Crippen molar-refractivity contribution in [2.24, 2.45) is 0 Å². The van der Waals surface area contributed by atoms with Crippen LogP contribution in [0, 0.1) is 6.92 Å². The normalized spacial score (nSPS) is 13.5. The molecule has 1 amide bonds. The van der Waals surface area contributed by atoms with Gasteiger partial charge in [0.2, 0.25) is 5.91 Å². The fraction of sp³-hybridized carbons (Fsp3) is 0.250. The first kappa shape index (κ1) is 17.2. The third-order valence-electron chi connectivity index (χ3n) is 4.41. The van der Waals surface area contributed by atoms with Gasteiger partial charge in [0.15, 0.2) is 10.2 Å². The monoisotopic (exact) mass is 381 g/mol. The van der Waals surface area contributed by atoms with Crippen LogP contribution in [0.3, 0.4) is 0 Å². The summed E-state index contributed by atoms with van der Waals surface area (Å²) in [5, 5.41) is 0. The van der Waals surface area contributed by atoms with Gasteiger partial charge in [-0.25, -0.2) is 4.98 Å². The van der Waals surface area contributed by atoms with E-state index in [2.05, 4.69) is 34.5 Å². The van der Waals surface area contributed by atoms with E-state index in [1.165, 1.54) is 34.4 Å². The summed E-state index contributed by atoms with van der Waals surface area (Å²) in [4.78, 5) is 19.2. The highest BCUT2D eigenvalue weighted by molar-refractivity contribution is 8.01. The summed E-state index contributed by atoms with van der Waals surface area (Å²) in [5.74, 6) is 1.25. The Hall–Kier alpha value is -2.18. The van der Waals surface area contributed by atoms with Crippen LogP contribution in [0.15, 0.2) is 52.9 Å². The summed E-state index contributed by atoms with van der Waals surface area (Å²) in [6.07, 6.45) is 2.06. The quantitative estimate of drug-likeness (QED) is 0.620. The molecule has 2 heterocycles. The smallest absolute Gasteiger partial charge is 0.237 e. The van der Waals surface area contributed by atoms with Gasteiger partial charge in [0.25, 0.3) is 0 Å². The number of fused-ring (bicyclic) bond motifs is 1. The number of hydrogen-bond donors (Lipinski definition) is 0. The molecule has 0 bridgehead atoms. The van der Waals surface area contributed by atoms with Gasteiger partial charge in [0.1, 0.15) is 0 Å².